The molecule has 4 aliphatic rings. The number of fused-ring (bicyclic) bond motifs is 1. The Morgan fingerprint density at radius 3 is 2.37 bits per heavy atom. The van der Waals surface area contributed by atoms with Gasteiger partial charge in [-0.25, -0.2) is 9.89 Å². The first-order chi connectivity index (χ1) is 14.4. The number of esters is 1. The Bertz CT molecular complexity index is 1020. The van der Waals surface area contributed by atoms with E-state index in [1.807, 2.05) is 0 Å². The Labute approximate surface area is 174 Å². The number of hydrogen-bond acceptors (Lipinski definition) is 5. The zero-order valence-electron chi connectivity index (χ0n) is 17.1. The number of nitrogens with zero attached hydrogens (tertiary/aromatic N) is 1. The highest BCUT2D eigenvalue weighted by molar-refractivity contribution is 6.02. The summed E-state index contributed by atoms with van der Waals surface area (Å²) >= 11 is 0. The van der Waals surface area contributed by atoms with Crippen LogP contribution in [0.15, 0.2) is 29.1 Å². The zero-order chi connectivity index (χ0) is 20.9. The minimum atomic E-state index is -0.722. The Kier molecular flexibility index (Phi) is 4.64. The Hall–Kier alpha value is -2.70. The smallest absolute Gasteiger partial charge is 0.359 e. The molecule has 0 radical (unpaired) electrons. The molecule has 0 saturated heterocycles. The molecule has 1 atom stereocenters. The molecule has 4 aliphatic carbocycles. The van der Waals surface area contributed by atoms with Crippen molar-refractivity contribution in [1.82, 2.24) is 15.5 Å². The average molecular weight is 409 g/mol. The fraction of sp³-hybridized carbons (Fsp3) is 0.565. The van der Waals surface area contributed by atoms with Crippen molar-refractivity contribution in [2.45, 2.75) is 51.5 Å². The van der Waals surface area contributed by atoms with E-state index in [0.29, 0.717) is 10.8 Å². The number of nitrogens with one attached hydrogen (secondary N) is 2. The van der Waals surface area contributed by atoms with Gasteiger partial charge in [-0.15, -0.1) is 0 Å². The monoisotopic (exact) mass is 409 g/mol. The van der Waals surface area contributed by atoms with Crippen LogP contribution in [0, 0.1) is 23.2 Å². The first-order valence-corrected chi connectivity index (χ1v) is 10.9. The van der Waals surface area contributed by atoms with Gasteiger partial charge in [0.05, 0.1) is 5.39 Å². The molecule has 7 nitrogen and oxygen atoms in total. The third-order valence-electron chi connectivity index (χ3n) is 7.61. The lowest BCUT2D eigenvalue weighted by Crippen LogP contribution is -2.56. The molecule has 1 heterocycles. The summed E-state index contributed by atoms with van der Waals surface area (Å²) in [5, 5.41) is 10.0. The normalized spacial score (nSPS) is 30.2. The largest absolute Gasteiger partial charge is 0.451 e. The lowest BCUT2D eigenvalue weighted by molar-refractivity contribution is -0.128. The predicted octanol–water partition coefficient (Wildman–Crippen LogP) is 2.80. The molecule has 4 bridgehead atoms. The maximum atomic E-state index is 12.5. The minimum Gasteiger partial charge on any atom is -0.451 e. The van der Waals surface area contributed by atoms with Gasteiger partial charge in [-0.2, -0.15) is 5.10 Å². The van der Waals surface area contributed by atoms with E-state index in [2.05, 4.69) is 22.4 Å². The topological polar surface area (TPSA) is 101 Å². The number of aromatic amines is 1. The standard InChI is InChI=1S/C23H27N3O4/c1-13(23-9-14-6-15(10-23)8-16(7-14)11-23)24-19(27)12-30-22(29)20-17-4-2-3-5-18(17)21(28)26-25-20/h2-5,13-16H,6-12H2,1H3,(H,24,27)(H,26,28). The molecule has 0 aliphatic heterocycles. The van der Waals surface area contributed by atoms with Crippen molar-refractivity contribution in [3.05, 3.63) is 40.3 Å². The van der Waals surface area contributed by atoms with Gasteiger partial charge in [0.15, 0.2) is 12.3 Å². The van der Waals surface area contributed by atoms with E-state index in [9.17, 15) is 14.4 Å². The van der Waals surface area contributed by atoms with Gasteiger partial charge in [-0.1, -0.05) is 18.2 Å². The van der Waals surface area contributed by atoms with Crippen LogP contribution in [0.4, 0.5) is 0 Å². The number of rotatable bonds is 5. The van der Waals surface area contributed by atoms with E-state index >= 15 is 0 Å². The van der Waals surface area contributed by atoms with Crippen LogP contribution in [-0.2, 0) is 9.53 Å². The summed E-state index contributed by atoms with van der Waals surface area (Å²) in [5.41, 5.74) is -0.165. The van der Waals surface area contributed by atoms with Gasteiger partial charge in [0, 0.05) is 11.4 Å². The van der Waals surface area contributed by atoms with E-state index in [0.717, 1.165) is 17.8 Å². The van der Waals surface area contributed by atoms with Crippen molar-refractivity contribution < 1.29 is 14.3 Å². The van der Waals surface area contributed by atoms with Crippen molar-refractivity contribution in [1.29, 1.82) is 0 Å². The number of aromatic nitrogens is 2. The van der Waals surface area contributed by atoms with Crippen molar-refractivity contribution in [3.8, 4) is 0 Å². The van der Waals surface area contributed by atoms with E-state index in [1.54, 1.807) is 24.3 Å². The fourth-order valence-corrected chi connectivity index (χ4v) is 6.61. The molecule has 1 aromatic carbocycles. The second-order valence-electron chi connectivity index (χ2n) is 9.59. The van der Waals surface area contributed by atoms with E-state index in [-0.39, 0.29) is 35.2 Å². The maximum absolute atomic E-state index is 12.5. The molecule has 1 amide bonds. The van der Waals surface area contributed by atoms with Crippen LogP contribution in [0.5, 0.6) is 0 Å². The first-order valence-electron chi connectivity index (χ1n) is 10.9. The second-order valence-corrected chi connectivity index (χ2v) is 9.59. The van der Waals surface area contributed by atoms with Crippen LogP contribution in [0.3, 0.4) is 0 Å². The molecule has 30 heavy (non-hydrogen) atoms. The van der Waals surface area contributed by atoms with Crippen LogP contribution in [0.1, 0.15) is 55.9 Å². The summed E-state index contributed by atoms with van der Waals surface area (Å²) in [6.07, 6.45) is 7.68. The highest BCUT2D eigenvalue weighted by Crippen LogP contribution is 2.61. The van der Waals surface area contributed by atoms with E-state index in [1.165, 1.54) is 38.5 Å². The number of amides is 1. The van der Waals surface area contributed by atoms with Gasteiger partial charge in [0.25, 0.3) is 11.5 Å². The third kappa shape index (κ3) is 3.30. The highest BCUT2D eigenvalue weighted by atomic mass is 16.5. The predicted molar refractivity (Wildman–Crippen MR) is 111 cm³/mol. The van der Waals surface area contributed by atoms with Gasteiger partial charge in [0.2, 0.25) is 0 Å². The minimum absolute atomic E-state index is 0.00660. The van der Waals surface area contributed by atoms with Gasteiger partial charge < -0.3 is 10.1 Å². The maximum Gasteiger partial charge on any atom is 0.359 e. The molecular weight excluding hydrogens is 382 g/mol. The molecule has 2 aromatic rings. The van der Waals surface area contributed by atoms with Gasteiger partial charge in [-0.3, -0.25) is 9.59 Å². The molecule has 7 heteroatoms. The Morgan fingerprint density at radius 2 is 1.73 bits per heavy atom. The summed E-state index contributed by atoms with van der Waals surface area (Å²) < 4.78 is 5.22. The number of benzene rings is 1. The number of carbonyl (C=O) groups is 2. The van der Waals surface area contributed by atoms with Crippen LogP contribution < -0.4 is 10.9 Å². The fourth-order valence-electron chi connectivity index (χ4n) is 6.61. The van der Waals surface area contributed by atoms with Crippen molar-refractivity contribution in [3.63, 3.8) is 0 Å². The molecule has 158 valence electrons. The van der Waals surface area contributed by atoms with Gasteiger partial charge in [0.1, 0.15) is 0 Å². The molecule has 4 fully saturated rings. The lowest BCUT2D eigenvalue weighted by atomic mass is 9.48. The molecule has 1 unspecified atom stereocenters. The molecule has 6 rings (SSSR count). The first kappa shape index (κ1) is 19.3. The number of H-pyrrole nitrogens is 1. The van der Waals surface area contributed by atoms with Crippen LogP contribution in [0.2, 0.25) is 0 Å². The lowest BCUT2D eigenvalue weighted by Gasteiger charge is -2.59. The molecular formula is C23H27N3O4. The number of hydrogen-bond donors (Lipinski definition) is 2. The molecule has 0 spiro atoms. The van der Waals surface area contributed by atoms with Gasteiger partial charge >= 0.3 is 5.97 Å². The van der Waals surface area contributed by atoms with Gasteiger partial charge in [-0.05, 0) is 74.7 Å². The van der Waals surface area contributed by atoms with Crippen LogP contribution >= 0.6 is 0 Å². The molecule has 1 aromatic heterocycles. The Balaban J connectivity index is 1.22. The molecule has 2 N–H and O–H groups in total. The van der Waals surface area contributed by atoms with E-state index in [4.69, 9.17) is 4.74 Å². The number of ether oxygens (including phenoxy) is 1. The SMILES string of the molecule is CC(NC(=O)COC(=O)c1n[nH]c(=O)c2ccccc12)C12CC3CC(CC(C3)C1)C2. The quantitative estimate of drug-likeness (QED) is 0.740. The van der Waals surface area contributed by atoms with Crippen molar-refractivity contribution in [2.75, 3.05) is 6.61 Å². The Morgan fingerprint density at radius 1 is 1.13 bits per heavy atom. The zero-order valence-corrected chi connectivity index (χ0v) is 17.1. The van der Waals surface area contributed by atoms with Crippen LogP contribution in [0.25, 0.3) is 10.8 Å². The summed E-state index contributed by atoms with van der Waals surface area (Å²) in [7, 11) is 0. The number of carbonyl (C=O) groups excluding carboxylic acids is 2. The third-order valence-corrected chi connectivity index (χ3v) is 7.61. The summed E-state index contributed by atoms with van der Waals surface area (Å²) in [5.74, 6) is 1.43. The average Bonchev–Trinajstić information content (AvgIpc) is 2.71. The van der Waals surface area contributed by atoms with E-state index < -0.39 is 5.97 Å². The van der Waals surface area contributed by atoms with Crippen molar-refractivity contribution >= 4 is 22.6 Å². The second kappa shape index (κ2) is 7.22. The van der Waals surface area contributed by atoms with Crippen molar-refractivity contribution in [2.24, 2.45) is 23.2 Å². The summed E-state index contributed by atoms with van der Waals surface area (Å²) in [6, 6.07) is 6.77. The highest BCUT2D eigenvalue weighted by Gasteiger charge is 2.53. The molecule has 4 saturated carbocycles. The summed E-state index contributed by atoms with van der Waals surface area (Å²) in [4.78, 5) is 36.9. The van der Waals surface area contributed by atoms with Crippen LogP contribution in [-0.4, -0.2) is 34.7 Å². The summed E-state index contributed by atoms with van der Waals surface area (Å²) in [6.45, 7) is 1.74.